The second kappa shape index (κ2) is 9.73. The quantitative estimate of drug-likeness (QED) is 0.283. The molecule has 204 valence electrons. The predicted molar refractivity (Wildman–Crippen MR) is 151 cm³/mol. The van der Waals surface area contributed by atoms with E-state index < -0.39 is 10.5 Å². The van der Waals surface area contributed by atoms with Crippen molar-refractivity contribution in [2.24, 2.45) is 0 Å². The molecule has 0 radical (unpaired) electrons. The van der Waals surface area contributed by atoms with E-state index in [2.05, 4.69) is 30.1 Å². The summed E-state index contributed by atoms with van der Waals surface area (Å²) >= 11 is 0. The Morgan fingerprint density at radius 2 is 1.90 bits per heavy atom. The average Bonchev–Trinajstić information content (AvgIpc) is 3.31. The van der Waals surface area contributed by atoms with Crippen LogP contribution in [0.2, 0.25) is 0 Å². The van der Waals surface area contributed by atoms with Crippen molar-refractivity contribution in [2.45, 2.75) is 38.6 Å². The van der Waals surface area contributed by atoms with E-state index >= 15 is 0 Å². The van der Waals surface area contributed by atoms with Crippen LogP contribution in [-0.2, 0) is 10.5 Å². The van der Waals surface area contributed by atoms with Gasteiger partial charge in [-0.3, -0.25) is 9.78 Å². The van der Waals surface area contributed by atoms with E-state index in [1.165, 1.54) is 6.07 Å². The number of fused-ring (bicyclic) bond motifs is 4. The highest BCUT2D eigenvalue weighted by Gasteiger charge is 2.25. The second-order valence-corrected chi connectivity index (χ2v) is 11.4. The van der Waals surface area contributed by atoms with E-state index in [4.69, 9.17) is 0 Å². The molecule has 0 atom stereocenters. The van der Waals surface area contributed by atoms with Crippen molar-refractivity contribution in [3.05, 3.63) is 70.1 Å². The van der Waals surface area contributed by atoms with Gasteiger partial charge >= 0.3 is 10.5 Å². The first-order valence-corrected chi connectivity index (χ1v) is 14.3. The highest BCUT2D eigenvalue weighted by atomic mass is 32.3. The molecule has 1 saturated heterocycles. The minimum Gasteiger partial charge on any atom is -0.357 e. The van der Waals surface area contributed by atoms with Crippen LogP contribution in [0, 0.1) is 11.3 Å². The van der Waals surface area contributed by atoms with Gasteiger partial charge in [0.1, 0.15) is 5.65 Å². The number of piperidine rings is 1. The van der Waals surface area contributed by atoms with Crippen LogP contribution in [0.5, 0.6) is 5.75 Å². The maximum atomic E-state index is 14.1. The summed E-state index contributed by atoms with van der Waals surface area (Å²) in [6.07, 6.45) is 4.40. The average molecular weight is 560 g/mol. The lowest BCUT2D eigenvalue weighted by Crippen LogP contribution is -2.30. The highest BCUT2D eigenvalue weighted by molar-refractivity contribution is 7.81. The van der Waals surface area contributed by atoms with Crippen molar-refractivity contribution in [3.63, 3.8) is 0 Å². The van der Waals surface area contributed by atoms with Crippen molar-refractivity contribution in [3.8, 4) is 22.9 Å². The number of nitrogens with one attached hydrogen (secondary N) is 2. The van der Waals surface area contributed by atoms with Gasteiger partial charge < -0.3 is 19.1 Å². The van der Waals surface area contributed by atoms with Crippen LogP contribution in [0.4, 0.5) is 3.89 Å². The van der Waals surface area contributed by atoms with Crippen LogP contribution < -0.4 is 14.9 Å². The number of H-pyrrole nitrogens is 1. The fourth-order valence-corrected chi connectivity index (χ4v) is 6.12. The third-order valence-electron chi connectivity index (χ3n) is 7.56. The number of benzene rings is 2. The Bertz CT molecular complexity index is 2020. The van der Waals surface area contributed by atoms with E-state index in [0.717, 1.165) is 59.7 Å². The molecule has 0 saturated carbocycles. The van der Waals surface area contributed by atoms with Crippen molar-refractivity contribution in [1.82, 2.24) is 19.9 Å². The third kappa shape index (κ3) is 4.49. The Morgan fingerprint density at radius 1 is 1.12 bits per heavy atom. The summed E-state index contributed by atoms with van der Waals surface area (Å²) in [6.45, 7) is 5.67. The lowest BCUT2D eigenvalue weighted by atomic mass is 9.90. The molecule has 0 amide bonds. The Morgan fingerprint density at radius 3 is 2.60 bits per heavy atom. The van der Waals surface area contributed by atoms with E-state index in [0.29, 0.717) is 27.5 Å². The first-order chi connectivity index (χ1) is 19.1. The van der Waals surface area contributed by atoms with Crippen LogP contribution in [-0.4, -0.2) is 36.0 Å². The highest BCUT2D eigenvalue weighted by Crippen LogP contribution is 2.38. The standard InChI is InChI=1S/C29H26FN5O4S/c1-16(2)22-11-24-26(12-23(22)18-10-20(15-33-14-18)39-40(30,37)38)35(19-5-7-32-8-6-19)29-27(28(24)36)21-4-3-17(13-31)9-25(21)34-29/h3-4,9-12,14-16,19,32,34H,5-8H2,1-2H3. The first kappa shape index (κ1) is 26.0. The molecule has 6 rings (SSSR count). The molecule has 1 aliphatic heterocycles. The number of nitriles is 1. The number of rotatable bonds is 5. The molecule has 2 aromatic carbocycles. The number of aromatic amines is 1. The number of nitrogens with zero attached hydrogens (tertiary/aromatic N) is 3. The maximum absolute atomic E-state index is 14.1. The van der Waals surface area contributed by atoms with Gasteiger partial charge in [-0.2, -0.15) is 13.7 Å². The number of aromatic nitrogens is 3. The molecule has 1 aliphatic rings. The van der Waals surface area contributed by atoms with Crippen LogP contribution in [0.1, 0.15) is 49.8 Å². The SMILES string of the molecule is CC(C)c1cc2c(=O)c3c4ccc(C#N)cc4[nH]c3n(C3CCNCC3)c2cc1-c1cncc(OS(=O)(=O)F)c1. The molecule has 3 aromatic heterocycles. The van der Waals surface area contributed by atoms with Crippen LogP contribution in [0.3, 0.4) is 0 Å². The monoisotopic (exact) mass is 559 g/mol. The van der Waals surface area contributed by atoms with Gasteiger partial charge in [-0.1, -0.05) is 23.8 Å². The lowest BCUT2D eigenvalue weighted by Gasteiger charge is -2.28. The van der Waals surface area contributed by atoms with Crippen molar-refractivity contribution < 1.29 is 16.5 Å². The van der Waals surface area contributed by atoms with E-state index in [-0.39, 0.29) is 23.1 Å². The Hall–Kier alpha value is -4.27. The predicted octanol–water partition coefficient (Wildman–Crippen LogP) is 5.21. The van der Waals surface area contributed by atoms with Crippen LogP contribution in [0.15, 0.2) is 53.6 Å². The smallest absolute Gasteiger partial charge is 0.357 e. The lowest BCUT2D eigenvalue weighted by molar-refractivity contribution is 0.381. The number of pyridine rings is 2. The zero-order valence-electron chi connectivity index (χ0n) is 21.9. The first-order valence-electron chi connectivity index (χ1n) is 13.0. The van der Waals surface area contributed by atoms with Gasteiger partial charge in [-0.15, -0.1) is 0 Å². The van der Waals surface area contributed by atoms with Crippen molar-refractivity contribution in [2.75, 3.05) is 13.1 Å². The fraction of sp³-hybridized carbons (Fsp3) is 0.276. The van der Waals surface area contributed by atoms with E-state index in [1.807, 2.05) is 32.0 Å². The molecule has 1 fully saturated rings. The van der Waals surface area contributed by atoms with Gasteiger partial charge in [0.05, 0.1) is 28.7 Å². The summed E-state index contributed by atoms with van der Waals surface area (Å²) in [4.78, 5) is 21.7. The molecule has 0 spiro atoms. The number of halogens is 1. The zero-order valence-corrected chi connectivity index (χ0v) is 22.7. The maximum Gasteiger partial charge on any atom is 0.488 e. The van der Waals surface area contributed by atoms with Gasteiger partial charge in [0, 0.05) is 34.1 Å². The summed E-state index contributed by atoms with van der Waals surface area (Å²) in [5.74, 6) is -0.248. The van der Waals surface area contributed by atoms with Gasteiger partial charge in [0.2, 0.25) is 0 Å². The summed E-state index contributed by atoms with van der Waals surface area (Å²) in [5.41, 5.74) is 4.64. The summed E-state index contributed by atoms with van der Waals surface area (Å²) in [6, 6.07) is 12.8. The molecule has 0 bridgehead atoms. The van der Waals surface area contributed by atoms with Crippen LogP contribution in [0.25, 0.3) is 44.0 Å². The van der Waals surface area contributed by atoms with Crippen molar-refractivity contribution in [1.29, 1.82) is 5.26 Å². The largest absolute Gasteiger partial charge is 0.488 e. The van der Waals surface area contributed by atoms with E-state index in [9.17, 15) is 22.4 Å². The van der Waals surface area contributed by atoms with Crippen molar-refractivity contribution >= 4 is 43.3 Å². The minimum absolute atomic E-state index is 0.00235. The molecule has 11 heteroatoms. The second-order valence-electron chi connectivity index (χ2n) is 10.4. The molecule has 0 aliphatic carbocycles. The molecule has 5 aromatic rings. The van der Waals surface area contributed by atoms with Gasteiger partial charge in [0.15, 0.2) is 11.2 Å². The van der Waals surface area contributed by atoms with Crippen LogP contribution >= 0.6 is 0 Å². The molecule has 2 N–H and O–H groups in total. The molecule has 40 heavy (non-hydrogen) atoms. The van der Waals surface area contributed by atoms with Gasteiger partial charge in [-0.05, 0) is 73.3 Å². The molecular formula is C29H26FN5O4S. The Balaban J connectivity index is 1.71. The van der Waals surface area contributed by atoms with Gasteiger partial charge in [-0.25, -0.2) is 0 Å². The Labute approximate surface area is 229 Å². The molecule has 0 unspecified atom stereocenters. The third-order valence-corrected chi connectivity index (χ3v) is 7.96. The fourth-order valence-electron chi connectivity index (χ4n) is 5.80. The summed E-state index contributed by atoms with van der Waals surface area (Å²) in [7, 11) is -5.22. The topological polar surface area (TPSA) is 130 Å². The molecule has 4 heterocycles. The number of hydrogen-bond acceptors (Lipinski definition) is 7. The minimum atomic E-state index is -5.22. The van der Waals surface area contributed by atoms with E-state index in [1.54, 1.807) is 18.3 Å². The molecule has 9 nitrogen and oxygen atoms in total. The normalized spacial score (nSPS) is 14.8. The number of hydrogen-bond donors (Lipinski definition) is 2. The zero-order chi connectivity index (χ0) is 28.2. The van der Waals surface area contributed by atoms with Gasteiger partial charge in [0.25, 0.3) is 0 Å². The Kier molecular flexibility index (Phi) is 6.32. The summed E-state index contributed by atoms with van der Waals surface area (Å²) in [5, 5.41) is 14.7. The molecular weight excluding hydrogens is 533 g/mol. The summed E-state index contributed by atoms with van der Waals surface area (Å²) < 4.78 is 42.1.